The molecular formula is C16H21NO3. The number of likely N-dealkylation sites (tertiary alicyclic amines) is 1. The first-order chi connectivity index (χ1) is 9.69. The van der Waals surface area contributed by atoms with Gasteiger partial charge in [-0.05, 0) is 25.5 Å². The van der Waals surface area contributed by atoms with Crippen LogP contribution in [0.4, 0.5) is 0 Å². The Bertz CT molecular complexity index is 484. The second kappa shape index (κ2) is 5.54. The van der Waals surface area contributed by atoms with Gasteiger partial charge in [-0.2, -0.15) is 0 Å². The molecule has 0 N–H and O–H groups in total. The third-order valence-electron chi connectivity index (χ3n) is 4.10. The smallest absolute Gasteiger partial charge is 0.253 e. The highest BCUT2D eigenvalue weighted by molar-refractivity contribution is 5.94. The summed E-state index contributed by atoms with van der Waals surface area (Å²) in [5, 5.41) is 0. The number of hydrogen-bond acceptors (Lipinski definition) is 3. The molecule has 108 valence electrons. The van der Waals surface area contributed by atoms with Crippen molar-refractivity contribution in [3.8, 4) is 0 Å². The monoisotopic (exact) mass is 275 g/mol. The first kappa shape index (κ1) is 13.6. The summed E-state index contributed by atoms with van der Waals surface area (Å²) in [5.41, 5.74) is 1.88. The lowest BCUT2D eigenvalue weighted by molar-refractivity contribution is -0.281. The molecule has 3 rings (SSSR count). The van der Waals surface area contributed by atoms with Crippen molar-refractivity contribution in [2.45, 2.75) is 32.0 Å². The summed E-state index contributed by atoms with van der Waals surface area (Å²) in [6.07, 6.45) is 2.50. The molecule has 2 aliphatic heterocycles. The quantitative estimate of drug-likeness (QED) is 0.790. The average molecular weight is 275 g/mol. The van der Waals surface area contributed by atoms with Crippen molar-refractivity contribution in [3.05, 3.63) is 35.4 Å². The molecule has 1 aromatic carbocycles. The third kappa shape index (κ3) is 2.72. The van der Waals surface area contributed by atoms with Crippen molar-refractivity contribution < 1.29 is 14.3 Å². The van der Waals surface area contributed by atoms with Crippen LogP contribution >= 0.6 is 0 Å². The summed E-state index contributed by atoms with van der Waals surface area (Å²) in [7, 11) is 0. The molecule has 1 aromatic rings. The number of amides is 1. The molecule has 0 bridgehead atoms. The van der Waals surface area contributed by atoms with Crippen LogP contribution in [0.15, 0.2) is 24.3 Å². The van der Waals surface area contributed by atoms with Crippen LogP contribution in [0.25, 0.3) is 0 Å². The van der Waals surface area contributed by atoms with Gasteiger partial charge in [-0.3, -0.25) is 4.79 Å². The minimum absolute atomic E-state index is 0.111. The zero-order valence-electron chi connectivity index (χ0n) is 11.9. The number of rotatable bonds is 1. The Kier molecular flexibility index (Phi) is 3.76. The molecule has 0 unspecified atom stereocenters. The third-order valence-corrected chi connectivity index (χ3v) is 4.10. The van der Waals surface area contributed by atoms with Gasteiger partial charge in [-0.25, -0.2) is 0 Å². The molecule has 4 heteroatoms. The Balaban J connectivity index is 1.64. The average Bonchev–Trinajstić information content (AvgIpc) is 2.48. The molecule has 4 nitrogen and oxygen atoms in total. The molecule has 2 fully saturated rings. The van der Waals surface area contributed by atoms with Crippen LogP contribution in [-0.2, 0) is 9.47 Å². The summed E-state index contributed by atoms with van der Waals surface area (Å²) < 4.78 is 11.6. The van der Waals surface area contributed by atoms with Gasteiger partial charge in [0.1, 0.15) is 0 Å². The largest absolute Gasteiger partial charge is 0.350 e. The molecule has 1 spiro atoms. The van der Waals surface area contributed by atoms with Gasteiger partial charge in [0.2, 0.25) is 0 Å². The van der Waals surface area contributed by atoms with Crippen molar-refractivity contribution in [3.63, 3.8) is 0 Å². The van der Waals surface area contributed by atoms with Crippen molar-refractivity contribution >= 4 is 5.91 Å². The Morgan fingerprint density at radius 1 is 1.20 bits per heavy atom. The van der Waals surface area contributed by atoms with Gasteiger partial charge in [0.05, 0.1) is 13.2 Å². The van der Waals surface area contributed by atoms with E-state index < -0.39 is 5.79 Å². The van der Waals surface area contributed by atoms with Crippen LogP contribution in [0.1, 0.15) is 35.2 Å². The molecule has 2 saturated heterocycles. The summed E-state index contributed by atoms with van der Waals surface area (Å²) in [5.74, 6) is -0.318. The van der Waals surface area contributed by atoms with Crippen molar-refractivity contribution in [1.29, 1.82) is 0 Å². The van der Waals surface area contributed by atoms with E-state index in [1.54, 1.807) is 0 Å². The zero-order valence-corrected chi connectivity index (χ0v) is 11.9. The molecule has 20 heavy (non-hydrogen) atoms. The highest BCUT2D eigenvalue weighted by atomic mass is 16.7. The minimum Gasteiger partial charge on any atom is -0.350 e. The number of carbonyl (C=O) groups excluding carboxylic acids is 1. The summed E-state index contributed by atoms with van der Waals surface area (Å²) >= 11 is 0. The highest BCUT2D eigenvalue weighted by Gasteiger charge is 2.39. The normalized spacial score (nSPS) is 21.9. The van der Waals surface area contributed by atoms with Crippen LogP contribution in [0, 0.1) is 6.92 Å². The molecule has 0 radical (unpaired) electrons. The lowest BCUT2D eigenvalue weighted by Gasteiger charge is -2.43. The van der Waals surface area contributed by atoms with Crippen molar-refractivity contribution in [2.24, 2.45) is 0 Å². The first-order valence-electron chi connectivity index (χ1n) is 7.32. The molecule has 1 amide bonds. The minimum atomic E-state index is -0.429. The molecule has 2 heterocycles. The lowest BCUT2D eigenvalue weighted by Crippen LogP contribution is -2.51. The lowest BCUT2D eigenvalue weighted by atomic mass is 10.0. The number of ether oxygens (including phenoxy) is 2. The highest BCUT2D eigenvalue weighted by Crippen LogP contribution is 2.31. The molecule has 2 aliphatic rings. The first-order valence-corrected chi connectivity index (χ1v) is 7.32. The number of nitrogens with zero attached hydrogens (tertiary/aromatic N) is 1. The zero-order chi connectivity index (χ0) is 14.0. The molecule has 0 atom stereocenters. The van der Waals surface area contributed by atoms with Crippen LogP contribution in [0.3, 0.4) is 0 Å². The maximum Gasteiger partial charge on any atom is 0.253 e. The van der Waals surface area contributed by atoms with Crippen molar-refractivity contribution in [1.82, 2.24) is 4.90 Å². The Hall–Kier alpha value is -1.39. The number of aryl methyl sites for hydroxylation is 1. The SMILES string of the molecule is Cc1cccc(C(=O)N2CCC3(CC2)OCCCO3)c1. The Morgan fingerprint density at radius 3 is 2.55 bits per heavy atom. The van der Waals surface area contributed by atoms with Crippen molar-refractivity contribution in [2.75, 3.05) is 26.3 Å². The number of piperidine rings is 1. The van der Waals surface area contributed by atoms with E-state index in [1.807, 2.05) is 36.1 Å². The van der Waals surface area contributed by atoms with Gasteiger partial charge in [0.15, 0.2) is 5.79 Å². The Morgan fingerprint density at radius 2 is 1.90 bits per heavy atom. The molecule has 0 saturated carbocycles. The number of hydrogen-bond donors (Lipinski definition) is 0. The van der Waals surface area contributed by atoms with E-state index >= 15 is 0 Å². The fraction of sp³-hybridized carbons (Fsp3) is 0.562. The fourth-order valence-electron chi connectivity index (χ4n) is 2.92. The van der Waals surface area contributed by atoms with Gasteiger partial charge >= 0.3 is 0 Å². The standard InChI is InChI=1S/C16H21NO3/c1-13-4-2-5-14(12-13)15(18)17-8-6-16(7-9-17)19-10-3-11-20-16/h2,4-5,12H,3,6-11H2,1H3. The summed E-state index contributed by atoms with van der Waals surface area (Å²) in [6.45, 7) is 4.95. The van der Waals surface area contributed by atoms with Crippen LogP contribution in [-0.4, -0.2) is 42.9 Å². The van der Waals surface area contributed by atoms with E-state index in [-0.39, 0.29) is 5.91 Å². The van der Waals surface area contributed by atoms with E-state index in [1.165, 1.54) is 0 Å². The number of carbonyl (C=O) groups is 1. The van der Waals surface area contributed by atoms with Gasteiger partial charge in [-0.15, -0.1) is 0 Å². The topological polar surface area (TPSA) is 38.8 Å². The van der Waals surface area contributed by atoms with Crippen LogP contribution < -0.4 is 0 Å². The van der Waals surface area contributed by atoms with E-state index in [9.17, 15) is 4.79 Å². The van der Waals surface area contributed by atoms with Gasteiger partial charge in [0.25, 0.3) is 5.91 Å². The van der Waals surface area contributed by atoms with E-state index in [0.29, 0.717) is 13.1 Å². The summed E-state index contributed by atoms with van der Waals surface area (Å²) in [4.78, 5) is 14.4. The predicted octanol–water partition coefficient (Wildman–Crippen LogP) is 2.36. The van der Waals surface area contributed by atoms with Gasteiger partial charge in [-0.1, -0.05) is 17.7 Å². The molecular weight excluding hydrogens is 254 g/mol. The maximum atomic E-state index is 12.5. The van der Waals surface area contributed by atoms with E-state index in [4.69, 9.17) is 9.47 Å². The van der Waals surface area contributed by atoms with Crippen LogP contribution in [0.5, 0.6) is 0 Å². The molecule has 0 aliphatic carbocycles. The Labute approximate surface area is 119 Å². The molecule has 0 aromatic heterocycles. The van der Waals surface area contributed by atoms with Crippen LogP contribution in [0.2, 0.25) is 0 Å². The van der Waals surface area contributed by atoms with Gasteiger partial charge in [0, 0.05) is 31.5 Å². The van der Waals surface area contributed by atoms with Gasteiger partial charge < -0.3 is 14.4 Å². The maximum absolute atomic E-state index is 12.5. The second-order valence-corrected chi connectivity index (χ2v) is 5.62. The summed E-state index contributed by atoms with van der Waals surface area (Å²) in [6, 6.07) is 7.76. The fourth-order valence-corrected chi connectivity index (χ4v) is 2.92. The second-order valence-electron chi connectivity index (χ2n) is 5.62. The predicted molar refractivity (Wildman–Crippen MR) is 75.6 cm³/mol. The van der Waals surface area contributed by atoms with E-state index in [2.05, 4.69) is 0 Å². The van der Waals surface area contributed by atoms with E-state index in [0.717, 1.165) is 43.6 Å². The number of benzene rings is 1.